The Kier molecular flexibility index (Phi) is 5.32. The molecular weight excluding hydrogens is 222 g/mol. The van der Waals surface area contributed by atoms with Gasteiger partial charge in [0.25, 0.3) is 0 Å². The molecule has 0 saturated heterocycles. The fourth-order valence-corrected chi connectivity index (χ4v) is 1.15. The van der Waals surface area contributed by atoms with E-state index in [1.807, 2.05) is 0 Å². The Morgan fingerprint density at radius 3 is 2.59 bits per heavy atom. The Bertz CT molecular complexity index is 375. The van der Waals surface area contributed by atoms with Gasteiger partial charge in [-0.25, -0.2) is 0 Å². The van der Waals surface area contributed by atoms with Gasteiger partial charge >= 0.3 is 0 Å². The van der Waals surface area contributed by atoms with Gasteiger partial charge in [0, 0.05) is 12.3 Å². The van der Waals surface area contributed by atoms with E-state index in [4.69, 9.17) is 14.9 Å². The van der Waals surface area contributed by atoms with Crippen molar-refractivity contribution in [3.05, 3.63) is 36.0 Å². The van der Waals surface area contributed by atoms with E-state index in [1.54, 1.807) is 31.2 Å². The lowest BCUT2D eigenvalue weighted by molar-refractivity contribution is 0.0680. The van der Waals surface area contributed by atoms with Crippen LogP contribution in [0.25, 0.3) is 0 Å². The predicted octanol–water partition coefficient (Wildman–Crippen LogP) is 0.795. The maximum atomic E-state index is 9.45. The third kappa shape index (κ3) is 4.34. The number of hydrogen-bond acceptors (Lipinski definition) is 5. The van der Waals surface area contributed by atoms with Crippen molar-refractivity contribution in [2.24, 2.45) is 0 Å². The van der Waals surface area contributed by atoms with Crippen molar-refractivity contribution in [3.63, 3.8) is 0 Å². The minimum Gasteiger partial charge on any atom is -0.508 e. The number of rotatable bonds is 6. The van der Waals surface area contributed by atoms with Crippen LogP contribution < -0.4 is 4.74 Å². The summed E-state index contributed by atoms with van der Waals surface area (Å²) < 4.78 is 5.34. The first-order valence-electron chi connectivity index (χ1n) is 5.22. The summed E-state index contributed by atoms with van der Waals surface area (Å²) in [6, 6.07) is 5.07. The molecule has 1 aromatic carbocycles. The van der Waals surface area contributed by atoms with Crippen LogP contribution >= 0.6 is 0 Å². The van der Waals surface area contributed by atoms with Gasteiger partial charge in [-0.2, -0.15) is 0 Å². The summed E-state index contributed by atoms with van der Waals surface area (Å²) in [5.74, 6) is 0.760. The average Bonchev–Trinajstić information content (AvgIpc) is 2.34. The number of aliphatic hydroxyl groups is 2. The summed E-state index contributed by atoms with van der Waals surface area (Å²) in [6.07, 6.45) is 3.19. The highest BCUT2D eigenvalue weighted by molar-refractivity contribution is 5.38. The third-order valence-corrected chi connectivity index (χ3v) is 2.21. The van der Waals surface area contributed by atoms with Crippen LogP contribution in [0, 0.1) is 6.92 Å². The lowest BCUT2D eigenvalue weighted by Gasteiger charge is -2.12. The number of benzene rings is 1. The highest BCUT2D eigenvalue weighted by Crippen LogP contribution is 2.22. The zero-order valence-corrected chi connectivity index (χ0v) is 9.71. The van der Waals surface area contributed by atoms with Gasteiger partial charge in [0.1, 0.15) is 31.6 Å². The van der Waals surface area contributed by atoms with Crippen LogP contribution in [0.5, 0.6) is 11.5 Å². The first-order chi connectivity index (χ1) is 8.17. The van der Waals surface area contributed by atoms with E-state index >= 15 is 0 Å². The van der Waals surface area contributed by atoms with E-state index in [1.165, 1.54) is 11.1 Å². The van der Waals surface area contributed by atoms with Crippen molar-refractivity contribution in [2.75, 3.05) is 20.1 Å². The van der Waals surface area contributed by atoms with Crippen LogP contribution in [0.1, 0.15) is 5.56 Å². The second-order valence-electron chi connectivity index (χ2n) is 3.52. The molecule has 0 unspecified atom stereocenters. The molecular formula is C12H17NO4. The van der Waals surface area contributed by atoms with Gasteiger partial charge in [-0.1, -0.05) is 6.07 Å². The van der Waals surface area contributed by atoms with Gasteiger partial charge in [0.15, 0.2) is 0 Å². The Morgan fingerprint density at radius 2 is 2.00 bits per heavy atom. The van der Waals surface area contributed by atoms with Gasteiger partial charge < -0.3 is 25.0 Å². The first kappa shape index (κ1) is 13.3. The molecule has 3 N–H and O–H groups in total. The Balaban J connectivity index is 2.43. The Hall–Kier alpha value is -1.72. The van der Waals surface area contributed by atoms with Crippen LogP contribution in [0.15, 0.2) is 30.5 Å². The Labute approximate surface area is 100 Å². The molecule has 0 spiro atoms. The molecule has 0 aliphatic heterocycles. The topological polar surface area (TPSA) is 73.2 Å². The Morgan fingerprint density at radius 1 is 1.29 bits per heavy atom. The summed E-state index contributed by atoms with van der Waals surface area (Å²) in [7, 11) is 0. The van der Waals surface area contributed by atoms with Crippen LogP contribution in [0.4, 0.5) is 0 Å². The van der Waals surface area contributed by atoms with Crippen LogP contribution in [-0.4, -0.2) is 40.3 Å². The normalized spacial score (nSPS) is 10.8. The second kappa shape index (κ2) is 6.78. The maximum absolute atomic E-state index is 9.45. The average molecular weight is 239 g/mol. The molecule has 1 aromatic rings. The van der Waals surface area contributed by atoms with Crippen LogP contribution in [0.2, 0.25) is 0 Å². The number of nitrogens with zero attached hydrogens (tertiary/aromatic N) is 1. The molecule has 94 valence electrons. The number of hydrogen-bond donors (Lipinski definition) is 3. The third-order valence-electron chi connectivity index (χ3n) is 2.21. The lowest BCUT2D eigenvalue weighted by Crippen LogP contribution is -2.19. The summed E-state index contributed by atoms with van der Waals surface area (Å²) in [4.78, 5) is 1.30. The van der Waals surface area contributed by atoms with E-state index in [-0.39, 0.29) is 19.2 Å². The van der Waals surface area contributed by atoms with Crippen molar-refractivity contribution in [2.45, 2.75) is 6.92 Å². The standard InChI is InChI=1S/C12H17NO4/c1-10-3-4-11(7-12(10)16)17-6-2-5-13(8-14)9-15/h2-5,7,14-16H,6,8-9H2,1H3. The molecule has 0 saturated carbocycles. The molecule has 5 heteroatoms. The second-order valence-corrected chi connectivity index (χ2v) is 3.52. The number of aryl methyl sites for hydroxylation is 1. The molecule has 0 atom stereocenters. The number of phenols is 1. The van der Waals surface area contributed by atoms with Crippen molar-refractivity contribution in [1.29, 1.82) is 0 Å². The minimum atomic E-state index is -0.252. The van der Waals surface area contributed by atoms with Gasteiger partial charge in [0.2, 0.25) is 0 Å². The molecule has 0 amide bonds. The van der Waals surface area contributed by atoms with Crippen molar-refractivity contribution in [1.82, 2.24) is 4.90 Å². The molecule has 0 bridgehead atoms. The highest BCUT2D eigenvalue weighted by Gasteiger charge is 1.98. The number of ether oxygens (including phenoxy) is 1. The quantitative estimate of drug-likeness (QED) is 0.640. The molecule has 0 aromatic heterocycles. The minimum absolute atomic E-state index is 0.193. The fourth-order valence-electron chi connectivity index (χ4n) is 1.15. The molecule has 1 rings (SSSR count). The van der Waals surface area contributed by atoms with Crippen LogP contribution in [0.3, 0.4) is 0 Å². The molecule has 0 radical (unpaired) electrons. The molecule has 0 fully saturated rings. The number of aromatic hydroxyl groups is 1. The van der Waals surface area contributed by atoms with Crippen molar-refractivity contribution in [3.8, 4) is 11.5 Å². The number of phenolic OH excluding ortho intramolecular Hbond substituents is 1. The first-order valence-corrected chi connectivity index (χ1v) is 5.22. The van der Waals surface area contributed by atoms with E-state index in [0.717, 1.165) is 5.56 Å². The fraction of sp³-hybridized carbons (Fsp3) is 0.333. The van der Waals surface area contributed by atoms with Crippen LogP contribution in [-0.2, 0) is 0 Å². The monoisotopic (exact) mass is 239 g/mol. The summed E-state index contributed by atoms with van der Waals surface area (Å²) in [6.45, 7) is 1.59. The summed E-state index contributed by atoms with van der Waals surface area (Å²) >= 11 is 0. The van der Waals surface area contributed by atoms with E-state index in [9.17, 15) is 5.11 Å². The number of aliphatic hydroxyl groups excluding tert-OH is 2. The lowest BCUT2D eigenvalue weighted by atomic mass is 10.2. The summed E-state index contributed by atoms with van der Waals surface area (Å²) in [5.41, 5.74) is 0.791. The highest BCUT2D eigenvalue weighted by atomic mass is 16.5. The largest absolute Gasteiger partial charge is 0.508 e. The summed E-state index contributed by atoms with van der Waals surface area (Å²) in [5, 5.41) is 26.9. The SMILES string of the molecule is Cc1ccc(OCC=CN(CO)CO)cc1O. The van der Waals surface area contributed by atoms with E-state index < -0.39 is 0 Å². The predicted molar refractivity (Wildman–Crippen MR) is 63.5 cm³/mol. The zero-order chi connectivity index (χ0) is 12.7. The van der Waals surface area contributed by atoms with E-state index in [0.29, 0.717) is 12.4 Å². The molecule has 17 heavy (non-hydrogen) atoms. The van der Waals surface area contributed by atoms with Gasteiger partial charge in [0.05, 0.1) is 0 Å². The smallest absolute Gasteiger partial charge is 0.123 e. The van der Waals surface area contributed by atoms with Gasteiger partial charge in [-0.05, 0) is 24.6 Å². The van der Waals surface area contributed by atoms with Gasteiger partial charge in [-0.3, -0.25) is 0 Å². The molecule has 0 aliphatic carbocycles. The van der Waals surface area contributed by atoms with Crippen molar-refractivity contribution < 1.29 is 20.1 Å². The zero-order valence-electron chi connectivity index (χ0n) is 9.71. The maximum Gasteiger partial charge on any atom is 0.123 e. The molecule has 5 nitrogen and oxygen atoms in total. The van der Waals surface area contributed by atoms with E-state index in [2.05, 4.69) is 0 Å². The molecule has 0 heterocycles. The van der Waals surface area contributed by atoms with Crippen molar-refractivity contribution >= 4 is 0 Å². The molecule has 0 aliphatic rings. The van der Waals surface area contributed by atoms with Gasteiger partial charge in [-0.15, -0.1) is 0 Å².